The number of primary amides is 1. The highest BCUT2D eigenvalue weighted by atomic mass is 32.2. The van der Waals surface area contributed by atoms with E-state index < -0.39 is 53.8 Å². The topological polar surface area (TPSA) is 209 Å². The first-order valence-electron chi connectivity index (χ1n) is 13.8. The SMILES string of the molecule is CSCCC(NC(=O)C(Cc1ccccc1)NC(=O)C(CCC(N)=O)NC(=O)C(N)Cc1c[nH]c2ccccc12)C(=O)O. The van der Waals surface area contributed by atoms with E-state index in [-0.39, 0.29) is 32.1 Å². The molecule has 0 aliphatic carbocycles. The van der Waals surface area contributed by atoms with Crippen molar-refractivity contribution >= 4 is 52.3 Å². The van der Waals surface area contributed by atoms with Crippen LogP contribution in [0.25, 0.3) is 10.9 Å². The van der Waals surface area contributed by atoms with Crippen LogP contribution in [0.3, 0.4) is 0 Å². The molecule has 0 radical (unpaired) electrons. The van der Waals surface area contributed by atoms with Gasteiger partial charge in [-0.25, -0.2) is 4.79 Å². The lowest BCUT2D eigenvalue weighted by Gasteiger charge is -2.25. The number of carboxylic acid groups (broad SMARTS) is 1. The molecule has 9 N–H and O–H groups in total. The largest absolute Gasteiger partial charge is 0.480 e. The standard InChI is InChI=1S/C30H38N6O6S/c1-43-14-13-24(30(41)42)35-29(40)25(15-18-7-3-2-4-8-18)36-28(39)23(11-12-26(32)37)34-27(38)21(31)16-19-17-33-22-10-6-5-9-20(19)22/h2-10,17,21,23-25,33H,11-16,31H2,1H3,(H2,32,37)(H,34,38)(H,35,40)(H,36,39)(H,41,42). The van der Waals surface area contributed by atoms with Gasteiger partial charge < -0.3 is 37.5 Å². The molecule has 1 aromatic heterocycles. The number of hydrogen-bond acceptors (Lipinski definition) is 7. The van der Waals surface area contributed by atoms with Crippen molar-refractivity contribution in [1.29, 1.82) is 0 Å². The van der Waals surface area contributed by atoms with Gasteiger partial charge in [-0.15, -0.1) is 0 Å². The summed E-state index contributed by atoms with van der Waals surface area (Å²) in [5.74, 6) is -3.41. The molecule has 0 fully saturated rings. The third-order valence-electron chi connectivity index (χ3n) is 6.90. The van der Waals surface area contributed by atoms with Crippen molar-refractivity contribution in [2.24, 2.45) is 11.5 Å². The maximum Gasteiger partial charge on any atom is 0.326 e. The molecule has 2 aromatic carbocycles. The lowest BCUT2D eigenvalue weighted by atomic mass is 10.0. The number of H-pyrrole nitrogens is 1. The number of hydrogen-bond donors (Lipinski definition) is 7. The van der Waals surface area contributed by atoms with Crippen LogP contribution in [0.4, 0.5) is 0 Å². The van der Waals surface area contributed by atoms with Crippen LogP contribution in [0.15, 0.2) is 60.8 Å². The number of carbonyl (C=O) groups excluding carboxylic acids is 4. The van der Waals surface area contributed by atoms with Gasteiger partial charge in [0, 0.05) is 29.9 Å². The van der Waals surface area contributed by atoms with E-state index in [1.165, 1.54) is 11.8 Å². The summed E-state index contributed by atoms with van der Waals surface area (Å²) in [6.45, 7) is 0. The molecule has 4 amide bonds. The number of thioether (sulfide) groups is 1. The van der Waals surface area contributed by atoms with Crippen LogP contribution in [0.2, 0.25) is 0 Å². The maximum absolute atomic E-state index is 13.5. The van der Waals surface area contributed by atoms with Gasteiger partial charge in [-0.1, -0.05) is 48.5 Å². The number of rotatable bonds is 17. The first-order chi connectivity index (χ1) is 20.6. The molecule has 0 aliphatic rings. The summed E-state index contributed by atoms with van der Waals surface area (Å²) in [7, 11) is 0. The van der Waals surface area contributed by atoms with E-state index in [0.29, 0.717) is 5.75 Å². The molecule has 0 saturated carbocycles. The predicted octanol–water partition coefficient (Wildman–Crippen LogP) is 0.838. The highest BCUT2D eigenvalue weighted by molar-refractivity contribution is 7.98. The number of para-hydroxylation sites is 1. The third kappa shape index (κ3) is 10.1. The van der Waals surface area contributed by atoms with Crippen molar-refractivity contribution in [2.45, 2.75) is 56.3 Å². The Kier molecular flexibility index (Phi) is 12.6. The van der Waals surface area contributed by atoms with Gasteiger partial charge in [-0.2, -0.15) is 11.8 Å². The van der Waals surface area contributed by atoms with Gasteiger partial charge in [-0.05, 0) is 48.5 Å². The predicted molar refractivity (Wildman–Crippen MR) is 165 cm³/mol. The Hall–Kier alpha value is -4.36. The van der Waals surface area contributed by atoms with E-state index in [9.17, 15) is 29.1 Å². The summed E-state index contributed by atoms with van der Waals surface area (Å²) in [4.78, 5) is 66.3. The number of nitrogens with two attached hydrogens (primary N) is 2. The fourth-order valence-corrected chi connectivity index (χ4v) is 5.03. The van der Waals surface area contributed by atoms with Crippen LogP contribution in [-0.2, 0) is 36.8 Å². The van der Waals surface area contributed by atoms with Crippen LogP contribution < -0.4 is 27.4 Å². The number of amides is 4. The van der Waals surface area contributed by atoms with E-state index in [0.717, 1.165) is 22.0 Å². The van der Waals surface area contributed by atoms with E-state index in [1.807, 2.05) is 30.5 Å². The number of nitrogens with one attached hydrogen (secondary N) is 4. The molecular weight excluding hydrogens is 572 g/mol. The van der Waals surface area contributed by atoms with E-state index in [2.05, 4.69) is 20.9 Å². The molecule has 0 bridgehead atoms. The average Bonchev–Trinajstić information content (AvgIpc) is 3.39. The molecule has 3 rings (SSSR count). The zero-order chi connectivity index (χ0) is 31.4. The van der Waals surface area contributed by atoms with Gasteiger partial charge in [-0.3, -0.25) is 19.2 Å². The van der Waals surface area contributed by atoms with E-state index in [4.69, 9.17) is 11.5 Å². The van der Waals surface area contributed by atoms with Gasteiger partial charge in [0.2, 0.25) is 23.6 Å². The maximum atomic E-state index is 13.5. The highest BCUT2D eigenvalue weighted by Gasteiger charge is 2.31. The molecule has 43 heavy (non-hydrogen) atoms. The van der Waals surface area contributed by atoms with Crippen LogP contribution in [0, 0.1) is 0 Å². The highest BCUT2D eigenvalue weighted by Crippen LogP contribution is 2.19. The van der Waals surface area contributed by atoms with Crippen molar-refractivity contribution in [1.82, 2.24) is 20.9 Å². The Balaban J connectivity index is 1.76. The van der Waals surface area contributed by atoms with Gasteiger partial charge in [0.25, 0.3) is 0 Å². The second kappa shape index (κ2) is 16.3. The minimum absolute atomic E-state index is 0.0594. The van der Waals surface area contributed by atoms with Gasteiger partial charge >= 0.3 is 5.97 Å². The summed E-state index contributed by atoms with van der Waals surface area (Å²) in [5.41, 5.74) is 14.0. The number of aromatic nitrogens is 1. The fraction of sp³-hybridized carbons (Fsp3) is 0.367. The zero-order valence-electron chi connectivity index (χ0n) is 23.9. The lowest BCUT2D eigenvalue weighted by Crippen LogP contribution is -2.58. The van der Waals surface area contributed by atoms with Crippen molar-refractivity contribution in [3.63, 3.8) is 0 Å². The number of carboxylic acids is 1. The van der Waals surface area contributed by atoms with Crippen molar-refractivity contribution < 1.29 is 29.1 Å². The summed E-state index contributed by atoms with van der Waals surface area (Å²) < 4.78 is 0. The lowest BCUT2D eigenvalue weighted by molar-refractivity contribution is -0.142. The molecule has 4 atom stereocenters. The molecule has 0 saturated heterocycles. The van der Waals surface area contributed by atoms with E-state index in [1.54, 1.807) is 36.5 Å². The normalized spacial score (nSPS) is 13.8. The van der Waals surface area contributed by atoms with Gasteiger partial charge in [0.15, 0.2) is 0 Å². The molecular formula is C30H38N6O6S. The number of benzene rings is 2. The molecule has 3 aromatic rings. The Labute approximate surface area is 253 Å². The van der Waals surface area contributed by atoms with Crippen molar-refractivity contribution in [3.8, 4) is 0 Å². The van der Waals surface area contributed by atoms with Gasteiger partial charge in [0.05, 0.1) is 6.04 Å². The first kappa shape index (κ1) is 33.1. The fourth-order valence-electron chi connectivity index (χ4n) is 4.56. The average molecular weight is 611 g/mol. The molecule has 230 valence electrons. The summed E-state index contributed by atoms with van der Waals surface area (Å²) in [5, 5.41) is 18.3. The number of aliphatic carboxylic acids is 1. The van der Waals surface area contributed by atoms with Crippen LogP contribution >= 0.6 is 11.8 Å². The van der Waals surface area contributed by atoms with Crippen molar-refractivity contribution in [2.75, 3.05) is 12.0 Å². The number of carbonyl (C=O) groups is 5. The van der Waals surface area contributed by atoms with Crippen LogP contribution in [-0.4, -0.2) is 75.9 Å². The number of fused-ring (bicyclic) bond motifs is 1. The molecule has 0 spiro atoms. The molecule has 13 heteroatoms. The Morgan fingerprint density at radius 3 is 2.14 bits per heavy atom. The summed E-state index contributed by atoms with van der Waals surface area (Å²) >= 11 is 1.44. The monoisotopic (exact) mass is 610 g/mol. The van der Waals surface area contributed by atoms with Crippen LogP contribution in [0.5, 0.6) is 0 Å². The molecule has 4 unspecified atom stereocenters. The van der Waals surface area contributed by atoms with Crippen molar-refractivity contribution in [3.05, 3.63) is 71.9 Å². The summed E-state index contributed by atoms with van der Waals surface area (Å²) in [6, 6.07) is 11.9. The Bertz CT molecular complexity index is 1410. The second-order valence-corrected chi connectivity index (χ2v) is 11.2. The number of aromatic amines is 1. The Morgan fingerprint density at radius 2 is 1.47 bits per heavy atom. The van der Waals surface area contributed by atoms with E-state index >= 15 is 0 Å². The molecule has 12 nitrogen and oxygen atoms in total. The molecule has 1 heterocycles. The third-order valence-corrected chi connectivity index (χ3v) is 7.55. The quantitative estimate of drug-likeness (QED) is 0.116. The summed E-state index contributed by atoms with van der Waals surface area (Å²) in [6.07, 6.45) is 3.70. The minimum Gasteiger partial charge on any atom is -0.480 e. The molecule has 0 aliphatic heterocycles. The zero-order valence-corrected chi connectivity index (χ0v) is 24.7. The van der Waals surface area contributed by atoms with Gasteiger partial charge in [0.1, 0.15) is 18.1 Å². The first-order valence-corrected chi connectivity index (χ1v) is 15.2. The minimum atomic E-state index is -1.23. The Morgan fingerprint density at radius 1 is 0.837 bits per heavy atom. The second-order valence-electron chi connectivity index (χ2n) is 10.2. The smallest absolute Gasteiger partial charge is 0.326 e. The van der Waals surface area contributed by atoms with Crippen LogP contribution in [0.1, 0.15) is 30.4 Å².